The number of hydrogen-bond donors (Lipinski definition) is 2. The van der Waals surface area contributed by atoms with Gasteiger partial charge in [-0.2, -0.15) is 0 Å². The van der Waals surface area contributed by atoms with Crippen LogP contribution in [0.1, 0.15) is 20.3 Å². The SMILES string of the molecule is CC(C)CCOc1ccc(NC(=O)CNc2ccc(Oc3ccccc3)cc2)cc1. The zero-order valence-electron chi connectivity index (χ0n) is 17.4. The summed E-state index contributed by atoms with van der Waals surface area (Å²) in [5.41, 5.74) is 1.59. The number of para-hydroxylation sites is 1. The molecule has 3 aromatic rings. The van der Waals surface area contributed by atoms with Gasteiger partial charge >= 0.3 is 0 Å². The maximum absolute atomic E-state index is 12.2. The van der Waals surface area contributed by atoms with Crippen LogP contribution in [-0.4, -0.2) is 19.1 Å². The summed E-state index contributed by atoms with van der Waals surface area (Å²) < 4.78 is 11.5. The van der Waals surface area contributed by atoms with E-state index in [1.807, 2.05) is 78.9 Å². The average Bonchev–Trinajstić information content (AvgIpc) is 2.75. The van der Waals surface area contributed by atoms with Crippen LogP contribution in [0, 0.1) is 5.92 Å². The summed E-state index contributed by atoms with van der Waals surface area (Å²) in [4.78, 5) is 12.2. The van der Waals surface area contributed by atoms with Crippen LogP contribution in [0.15, 0.2) is 78.9 Å². The third-order valence-electron chi connectivity index (χ3n) is 4.39. The van der Waals surface area contributed by atoms with Gasteiger partial charge in [-0.1, -0.05) is 32.0 Å². The third kappa shape index (κ3) is 7.17. The van der Waals surface area contributed by atoms with Gasteiger partial charge in [0.1, 0.15) is 17.2 Å². The van der Waals surface area contributed by atoms with Crippen molar-refractivity contribution in [2.75, 3.05) is 23.8 Å². The predicted molar refractivity (Wildman–Crippen MR) is 121 cm³/mol. The van der Waals surface area contributed by atoms with Gasteiger partial charge in [-0.15, -0.1) is 0 Å². The van der Waals surface area contributed by atoms with Crippen LogP contribution in [0.3, 0.4) is 0 Å². The second-order valence-electron chi connectivity index (χ2n) is 7.40. The Kier molecular flexibility index (Phi) is 7.72. The maximum atomic E-state index is 12.2. The molecule has 0 bridgehead atoms. The number of carbonyl (C=O) groups excluding carboxylic acids is 1. The molecule has 0 saturated heterocycles. The molecule has 156 valence electrons. The molecule has 3 rings (SSSR count). The van der Waals surface area contributed by atoms with Gasteiger partial charge in [-0.25, -0.2) is 0 Å². The second-order valence-corrected chi connectivity index (χ2v) is 7.40. The van der Waals surface area contributed by atoms with Crippen LogP contribution >= 0.6 is 0 Å². The van der Waals surface area contributed by atoms with Crippen LogP contribution in [0.25, 0.3) is 0 Å². The second kappa shape index (κ2) is 10.9. The smallest absolute Gasteiger partial charge is 0.243 e. The highest BCUT2D eigenvalue weighted by Gasteiger charge is 2.04. The van der Waals surface area contributed by atoms with E-state index in [1.165, 1.54) is 0 Å². The van der Waals surface area contributed by atoms with E-state index in [-0.39, 0.29) is 12.5 Å². The number of nitrogens with one attached hydrogen (secondary N) is 2. The molecular weight excluding hydrogens is 376 g/mol. The highest BCUT2D eigenvalue weighted by molar-refractivity contribution is 5.93. The molecule has 0 unspecified atom stereocenters. The number of rotatable bonds is 10. The predicted octanol–water partition coefficient (Wildman–Crippen LogP) is 5.95. The van der Waals surface area contributed by atoms with Crippen LogP contribution in [0.5, 0.6) is 17.2 Å². The minimum atomic E-state index is -0.118. The molecule has 2 N–H and O–H groups in total. The molecule has 0 aliphatic carbocycles. The molecule has 0 radical (unpaired) electrons. The lowest BCUT2D eigenvalue weighted by Crippen LogP contribution is -2.21. The van der Waals surface area contributed by atoms with Gasteiger partial charge < -0.3 is 20.1 Å². The van der Waals surface area contributed by atoms with Crippen molar-refractivity contribution in [1.29, 1.82) is 0 Å². The maximum Gasteiger partial charge on any atom is 0.243 e. The monoisotopic (exact) mass is 404 g/mol. The van der Waals surface area contributed by atoms with E-state index in [0.29, 0.717) is 12.5 Å². The highest BCUT2D eigenvalue weighted by Crippen LogP contribution is 2.22. The van der Waals surface area contributed by atoms with Gasteiger partial charge in [0.25, 0.3) is 0 Å². The molecular formula is C25H28N2O3. The molecule has 0 fully saturated rings. The molecule has 3 aromatic carbocycles. The summed E-state index contributed by atoms with van der Waals surface area (Å²) in [6.45, 7) is 5.21. The molecule has 5 heteroatoms. The zero-order valence-corrected chi connectivity index (χ0v) is 17.4. The number of amides is 1. The molecule has 0 aliphatic heterocycles. The summed E-state index contributed by atoms with van der Waals surface area (Å²) in [7, 11) is 0. The van der Waals surface area contributed by atoms with Gasteiger partial charge in [0.05, 0.1) is 13.2 Å². The molecule has 0 spiro atoms. The Balaban J connectivity index is 1.42. The molecule has 5 nitrogen and oxygen atoms in total. The van der Waals surface area contributed by atoms with Crippen LogP contribution < -0.4 is 20.1 Å². The Morgan fingerprint density at radius 1 is 0.800 bits per heavy atom. The lowest BCUT2D eigenvalue weighted by Gasteiger charge is -2.11. The van der Waals surface area contributed by atoms with E-state index in [4.69, 9.17) is 9.47 Å². The van der Waals surface area contributed by atoms with E-state index in [1.54, 1.807) is 0 Å². The summed E-state index contributed by atoms with van der Waals surface area (Å²) >= 11 is 0. The van der Waals surface area contributed by atoms with Crippen molar-refractivity contribution in [2.45, 2.75) is 20.3 Å². The number of carbonyl (C=O) groups is 1. The first-order chi connectivity index (χ1) is 14.6. The van der Waals surface area contributed by atoms with Crippen molar-refractivity contribution < 1.29 is 14.3 Å². The van der Waals surface area contributed by atoms with Crippen molar-refractivity contribution in [3.05, 3.63) is 78.9 Å². The molecule has 0 saturated carbocycles. The summed E-state index contributed by atoms with van der Waals surface area (Å²) in [5.74, 6) is 2.84. The standard InChI is InChI=1S/C25H28N2O3/c1-19(2)16-17-29-22-12-10-21(11-13-22)27-25(28)18-26-20-8-14-24(15-9-20)30-23-6-4-3-5-7-23/h3-15,19,26H,16-18H2,1-2H3,(H,27,28). The molecule has 0 aliphatic rings. The van der Waals surface area contributed by atoms with E-state index in [9.17, 15) is 4.79 Å². The van der Waals surface area contributed by atoms with E-state index in [2.05, 4.69) is 24.5 Å². The lowest BCUT2D eigenvalue weighted by molar-refractivity contribution is -0.114. The normalized spacial score (nSPS) is 10.5. The fourth-order valence-corrected chi connectivity index (χ4v) is 2.70. The molecule has 1 amide bonds. The van der Waals surface area contributed by atoms with Gasteiger partial charge in [0.15, 0.2) is 0 Å². The van der Waals surface area contributed by atoms with Crippen LogP contribution in [0.4, 0.5) is 11.4 Å². The van der Waals surface area contributed by atoms with Crippen molar-refractivity contribution in [1.82, 2.24) is 0 Å². The van der Waals surface area contributed by atoms with Crippen molar-refractivity contribution in [3.63, 3.8) is 0 Å². The number of benzene rings is 3. The Bertz CT molecular complexity index is 907. The largest absolute Gasteiger partial charge is 0.494 e. The summed E-state index contributed by atoms with van der Waals surface area (Å²) in [6, 6.07) is 24.5. The Morgan fingerprint density at radius 3 is 2.07 bits per heavy atom. The number of ether oxygens (including phenoxy) is 2. The number of anilines is 2. The van der Waals surface area contributed by atoms with Crippen molar-refractivity contribution in [2.24, 2.45) is 5.92 Å². The van der Waals surface area contributed by atoms with E-state index >= 15 is 0 Å². The van der Waals surface area contributed by atoms with Gasteiger partial charge in [0.2, 0.25) is 5.91 Å². The first-order valence-electron chi connectivity index (χ1n) is 10.2. The van der Waals surface area contributed by atoms with Crippen LogP contribution in [-0.2, 0) is 4.79 Å². The molecule has 0 aromatic heterocycles. The minimum Gasteiger partial charge on any atom is -0.494 e. The fourth-order valence-electron chi connectivity index (χ4n) is 2.70. The molecule has 0 heterocycles. The fraction of sp³-hybridized carbons (Fsp3) is 0.240. The lowest BCUT2D eigenvalue weighted by atomic mass is 10.1. The topological polar surface area (TPSA) is 59.6 Å². The zero-order chi connectivity index (χ0) is 21.2. The first kappa shape index (κ1) is 21.2. The first-order valence-corrected chi connectivity index (χ1v) is 10.2. The molecule has 0 atom stereocenters. The van der Waals surface area contributed by atoms with Crippen molar-refractivity contribution >= 4 is 17.3 Å². The van der Waals surface area contributed by atoms with Gasteiger partial charge in [0, 0.05) is 11.4 Å². The van der Waals surface area contributed by atoms with E-state index in [0.717, 1.165) is 35.0 Å². The Hall–Kier alpha value is -3.47. The Morgan fingerprint density at radius 2 is 1.40 bits per heavy atom. The minimum absolute atomic E-state index is 0.118. The number of hydrogen-bond acceptors (Lipinski definition) is 4. The average molecular weight is 405 g/mol. The highest BCUT2D eigenvalue weighted by atomic mass is 16.5. The summed E-state index contributed by atoms with van der Waals surface area (Å²) in [6.07, 6.45) is 1.02. The van der Waals surface area contributed by atoms with Gasteiger partial charge in [-0.05, 0) is 73.0 Å². The quantitative estimate of drug-likeness (QED) is 0.438. The van der Waals surface area contributed by atoms with Crippen LogP contribution in [0.2, 0.25) is 0 Å². The Labute approximate surface area is 178 Å². The molecule has 30 heavy (non-hydrogen) atoms. The van der Waals surface area contributed by atoms with Gasteiger partial charge in [-0.3, -0.25) is 4.79 Å². The van der Waals surface area contributed by atoms with E-state index < -0.39 is 0 Å². The summed E-state index contributed by atoms with van der Waals surface area (Å²) in [5, 5.41) is 5.99. The third-order valence-corrected chi connectivity index (χ3v) is 4.39. The van der Waals surface area contributed by atoms with Crippen molar-refractivity contribution in [3.8, 4) is 17.2 Å².